The van der Waals surface area contributed by atoms with Gasteiger partial charge in [0.05, 0.1) is 5.75 Å². The van der Waals surface area contributed by atoms with Gasteiger partial charge in [0, 0.05) is 5.41 Å². The van der Waals surface area contributed by atoms with E-state index in [9.17, 15) is 13.5 Å². The van der Waals surface area contributed by atoms with Gasteiger partial charge in [-0.25, -0.2) is 8.42 Å². The Kier molecular flexibility index (Phi) is 1.66. The summed E-state index contributed by atoms with van der Waals surface area (Å²) >= 11 is 0. The van der Waals surface area contributed by atoms with Crippen LogP contribution in [0.25, 0.3) is 5.76 Å². The van der Waals surface area contributed by atoms with Crippen LogP contribution >= 0.6 is 0 Å². The minimum Gasteiger partial charge on any atom is -0.872 e. The van der Waals surface area contributed by atoms with E-state index in [4.69, 9.17) is 0 Å². The molecule has 13 heavy (non-hydrogen) atoms. The monoisotopic (exact) mass is 195 g/mol. The van der Waals surface area contributed by atoms with Crippen molar-refractivity contribution in [1.82, 2.24) is 0 Å². The smallest absolute Gasteiger partial charge is 0.175 e. The molecule has 0 amide bonds. The van der Waals surface area contributed by atoms with Crippen LogP contribution in [0.2, 0.25) is 0 Å². The van der Waals surface area contributed by atoms with Gasteiger partial charge in [-0.2, -0.15) is 0 Å². The van der Waals surface area contributed by atoms with Gasteiger partial charge in [-0.15, -0.1) is 0 Å². The fourth-order valence-electron chi connectivity index (χ4n) is 1.37. The maximum atomic E-state index is 11.3. The molecule has 0 atom stereocenters. The van der Waals surface area contributed by atoms with Gasteiger partial charge in [0.2, 0.25) is 0 Å². The van der Waals surface area contributed by atoms with E-state index in [0.29, 0.717) is 11.1 Å². The molecule has 0 saturated carbocycles. The van der Waals surface area contributed by atoms with E-state index in [1.165, 1.54) is 0 Å². The SMILES string of the molecule is O=S1(=O)C=C([O-])c2ccccc2C1. The number of hydrogen-bond acceptors (Lipinski definition) is 3. The zero-order chi connectivity index (χ0) is 9.47. The van der Waals surface area contributed by atoms with Gasteiger partial charge < -0.3 is 5.11 Å². The maximum Gasteiger partial charge on any atom is 0.175 e. The van der Waals surface area contributed by atoms with E-state index in [-0.39, 0.29) is 5.75 Å². The molecule has 0 fully saturated rings. The van der Waals surface area contributed by atoms with Gasteiger partial charge in [0.15, 0.2) is 9.84 Å². The van der Waals surface area contributed by atoms with Crippen LogP contribution < -0.4 is 5.11 Å². The molecule has 4 heteroatoms. The van der Waals surface area contributed by atoms with Crippen molar-refractivity contribution >= 4 is 15.6 Å². The second kappa shape index (κ2) is 2.60. The standard InChI is InChI=1S/C9H8O3S/c10-9-6-13(11,12)5-7-3-1-2-4-8(7)9/h1-4,6,10H,5H2/p-1. The van der Waals surface area contributed by atoms with Gasteiger partial charge in [0.1, 0.15) is 0 Å². The molecule has 0 aliphatic carbocycles. The zero-order valence-corrected chi connectivity index (χ0v) is 7.54. The summed E-state index contributed by atoms with van der Waals surface area (Å²) in [5.74, 6) is -0.476. The summed E-state index contributed by atoms with van der Waals surface area (Å²) in [5, 5.41) is 12.1. The summed E-state index contributed by atoms with van der Waals surface area (Å²) in [6, 6.07) is 6.76. The van der Waals surface area contributed by atoms with Crippen molar-refractivity contribution in [2.75, 3.05) is 0 Å². The Morgan fingerprint density at radius 1 is 1.23 bits per heavy atom. The number of fused-ring (bicyclic) bond motifs is 1. The Hall–Kier alpha value is -1.29. The van der Waals surface area contributed by atoms with E-state index < -0.39 is 15.6 Å². The molecule has 1 aromatic rings. The van der Waals surface area contributed by atoms with Gasteiger partial charge in [-0.1, -0.05) is 30.0 Å². The first-order chi connectivity index (χ1) is 6.08. The van der Waals surface area contributed by atoms with Crippen molar-refractivity contribution in [3.63, 3.8) is 0 Å². The summed E-state index contributed by atoms with van der Waals surface area (Å²) in [6.45, 7) is 0. The third-order valence-electron chi connectivity index (χ3n) is 1.93. The quantitative estimate of drug-likeness (QED) is 0.597. The molecule has 0 aromatic heterocycles. The van der Waals surface area contributed by atoms with Crippen LogP contribution in [0.1, 0.15) is 11.1 Å². The first-order valence-corrected chi connectivity index (χ1v) is 5.50. The molecule has 1 heterocycles. The zero-order valence-electron chi connectivity index (χ0n) is 6.73. The second-order valence-corrected chi connectivity index (χ2v) is 4.80. The van der Waals surface area contributed by atoms with E-state index in [2.05, 4.69) is 0 Å². The third kappa shape index (κ3) is 1.45. The Balaban J connectivity index is 2.68. The van der Waals surface area contributed by atoms with Crippen molar-refractivity contribution in [2.24, 2.45) is 0 Å². The Labute approximate surface area is 76.3 Å². The molecule has 0 N–H and O–H groups in total. The summed E-state index contributed by atoms with van der Waals surface area (Å²) in [6.07, 6.45) is 0. The average molecular weight is 195 g/mol. The first kappa shape index (κ1) is 8.31. The van der Waals surface area contributed by atoms with E-state index in [0.717, 1.165) is 5.41 Å². The van der Waals surface area contributed by atoms with Crippen LogP contribution in [0.15, 0.2) is 29.7 Å². The van der Waals surface area contributed by atoms with Crippen molar-refractivity contribution < 1.29 is 13.5 Å². The van der Waals surface area contributed by atoms with E-state index in [1.807, 2.05) is 0 Å². The lowest BCUT2D eigenvalue weighted by Gasteiger charge is -2.20. The largest absolute Gasteiger partial charge is 0.872 e. The molecule has 1 aromatic carbocycles. The number of sulfone groups is 1. The van der Waals surface area contributed by atoms with Crippen molar-refractivity contribution in [2.45, 2.75) is 5.75 Å². The minimum absolute atomic E-state index is 0.0606. The molecule has 0 saturated heterocycles. The maximum absolute atomic E-state index is 11.3. The summed E-state index contributed by atoms with van der Waals surface area (Å²) in [4.78, 5) is 0. The van der Waals surface area contributed by atoms with Gasteiger partial charge in [0.25, 0.3) is 0 Å². The number of rotatable bonds is 0. The lowest BCUT2D eigenvalue weighted by molar-refractivity contribution is -0.243. The molecule has 0 bridgehead atoms. The normalized spacial score (nSPS) is 18.9. The highest BCUT2D eigenvalue weighted by molar-refractivity contribution is 7.93. The molecule has 1 aliphatic rings. The van der Waals surface area contributed by atoms with Crippen molar-refractivity contribution in [3.8, 4) is 0 Å². The summed E-state index contributed by atoms with van der Waals surface area (Å²) in [7, 11) is -3.32. The predicted molar refractivity (Wildman–Crippen MR) is 47.0 cm³/mol. The van der Waals surface area contributed by atoms with Crippen molar-refractivity contribution in [3.05, 3.63) is 40.8 Å². The average Bonchev–Trinajstić information content (AvgIpc) is 2.02. The molecule has 0 radical (unpaired) electrons. The van der Waals surface area contributed by atoms with E-state index in [1.54, 1.807) is 24.3 Å². The second-order valence-electron chi connectivity index (χ2n) is 2.95. The van der Waals surface area contributed by atoms with Crippen LogP contribution in [0.3, 0.4) is 0 Å². The van der Waals surface area contributed by atoms with Crippen LogP contribution in [-0.4, -0.2) is 8.42 Å². The molecular weight excluding hydrogens is 188 g/mol. The van der Waals surface area contributed by atoms with Gasteiger partial charge in [-0.3, -0.25) is 0 Å². The fraction of sp³-hybridized carbons (Fsp3) is 0.111. The Morgan fingerprint density at radius 3 is 2.69 bits per heavy atom. The lowest BCUT2D eigenvalue weighted by Crippen LogP contribution is -2.15. The highest BCUT2D eigenvalue weighted by Crippen LogP contribution is 2.24. The first-order valence-electron chi connectivity index (χ1n) is 3.78. The molecule has 0 spiro atoms. The highest BCUT2D eigenvalue weighted by atomic mass is 32.2. The predicted octanol–water partition coefficient (Wildman–Crippen LogP) is 0.274. The summed E-state index contributed by atoms with van der Waals surface area (Å²) in [5.41, 5.74) is 1.09. The molecule has 1 aliphatic heterocycles. The summed E-state index contributed by atoms with van der Waals surface area (Å²) < 4.78 is 22.3. The third-order valence-corrected chi connectivity index (χ3v) is 3.21. The number of hydrogen-bond donors (Lipinski definition) is 0. The van der Waals surface area contributed by atoms with Crippen LogP contribution in [0, 0.1) is 0 Å². The Bertz CT molecular complexity index is 471. The van der Waals surface area contributed by atoms with Crippen LogP contribution in [0.5, 0.6) is 0 Å². The molecule has 0 unspecified atom stereocenters. The molecular formula is C9H7O3S-. The van der Waals surface area contributed by atoms with Crippen molar-refractivity contribution in [1.29, 1.82) is 0 Å². The fourth-order valence-corrected chi connectivity index (χ4v) is 2.59. The van der Waals surface area contributed by atoms with Crippen LogP contribution in [0.4, 0.5) is 0 Å². The lowest BCUT2D eigenvalue weighted by atomic mass is 10.1. The molecule has 3 nitrogen and oxygen atoms in total. The molecule has 68 valence electrons. The number of benzene rings is 1. The molecule has 2 rings (SSSR count). The van der Waals surface area contributed by atoms with Crippen LogP contribution in [-0.2, 0) is 15.6 Å². The van der Waals surface area contributed by atoms with Gasteiger partial charge in [-0.05, 0) is 11.1 Å². The Morgan fingerprint density at radius 2 is 1.92 bits per heavy atom. The topological polar surface area (TPSA) is 57.2 Å². The highest BCUT2D eigenvalue weighted by Gasteiger charge is 2.16. The van der Waals surface area contributed by atoms with E-state index >= 15 is 0 Å². The van der Waals surface area contributed by atoms with Gasteiger partial charge >= 0.3 is 0 Å². The minimum atomic E-state index is -3.32.